The molecule has 1 aliphatic carbocycles. The summed E-state index contributed by atoms with van der Waals surface area (Å²) in [5.41, 5.74) is 0.648. The number of benzene rings is 2. The lowest BCUT2D eigenvalue weighted by molar-refractivity contribution is -0.143. The number of allylic oxidation sites excluding steroid dienone is 1. The first-order valence-electron chi connectivity index (χ1n) is 13.5. The number of carbonyl (C=O) groups excluding carboxylic acids is 3. The van der Waals surface area contributed by atoms with Gasteiger partial charge in [-0.3, -0.25) is 14.4 Å². The van der Waals surface area contributed by atoms with Crippen molar-refractivity contribution < 1.29 is 19.5 Å². The number of aliphatic hydroxyl groups excluding tert-OH is 1. The molecule has 4 rings (SSSR count). The second-order valence-corrected chi connectivity index (χ2v) is 10.5. The van der Waals surface area contributed by atoms with Crippen LogP contribution >= 0.6 is 0 Å². The molecule has 0 radical (unpaired) electrons. The monoisotopic (exact) mass is 505 g/mol. The summed E-state index contributed by atoms with van der Waals surface area (Å²) in [5, 5.41) is 18.3. The molecule has 1 saturated heterocycles. The molecule has 0 bridgehead atoms. The first-order chi connectivity index (χ1) is 17.9. The van der Waals surface area contributed by atoms with Gasteiger partial charge in [0.05, 0.1) is 24.5 Å². The Morgan fingerprint density at radius 3 is 2.43 bits per heavy atom. The number of fused-ring (bicyclic) bond motifs is 2. The van der Waals surface area contributed by atoms with Crippen LogP contribution in [0.2, 0.25) is 0 Å². The summed E-state index contributed by atoms with van der Waals surface area (Å²) in [6.07, 6.45) is 6.41. The summed E-state index contributed by atoms with van der Waals surface area (Å²) in [7, 11) is 1.59. The standard InChI is InChI=1S/C30H39N3O4/c1-5-9-20-13-15-23-26(25(20)28(35)31-4)30(37)33(24(17-34)18(3)6-2)27(23)29(36)32-22-14-12-19-10-7-8-11-21(19)16-22/h7-8,10-16,18,20,23-27,34H,5-6,9,17H2,1-4H3,(H,31,35)(H,32,36)/t18-,20+,23-,24-,25+,26+,27-/m0/s1. The fraction of sp³-hybridized carbons (Fsp3) is 0.500. The molecule has 0 spiro atoms. The van der Waals surface area contributed by atoms with Crippen LogP contribution < -0.4 is 10.6 Å². The minimum Gasteiger partial charge on any atom is -0.394 e. The zero-order chi connectivity index (χ0) is 26.7. The maximum Gasteiger partial charge on any atom is 0.247 e. The van der Waals surface area contributed by atoms with Gasteiger partial charge in [-0.15, -0.1) is 0 Å². The molecule has 0 aromatic heterocycles. The van der Waals surface area contributed by atoms with Crippen molar-refractivity contribution in [1.29, 1.82) is 0 Å². The minimum atomic E-state index is -0.818. The predicted octanol–water partition coefficient (Wildman–Crippen LogP) is 3.98. The van der Waals surface area contributed by atoms with Gasteiger partial charge in [0.1, 0.15) is 6.04 Å². The summed E-state index contributed by atoms with van der Waals surface area (Å²) in [6, 6.07) is 12.3. The molecular formula is C30H39N3O4. The lowest BCUT2D eigenvalue weighted by Gasteiger charge is -2.36. The van der Waals surface area contributed by atoms with E-state index in [9.17, 15) is 19.5 Å². The lowest BCUT2D eigenvalue weighted by Crippen LogP contribution is -2.52. The fourth-order valence-corrected chi connectivity index (χ4v) is 6.23. The van der Waals surface area contributed by atoms with E-state index in [1.54, 1.807) is 11.9 Å². The quantitative estimate of drug-likeness (QED) is 0.449. The number of nitrogens with one attached hydrogen (secondary N) is 2. The van der Waals surface area contributed by atoms with Gasteiger partial charge >= 0.3 is 0 Å². The first kappa shape index (κ1) is 26.9. The number of rotatable bonds is 9. The van der Waals surface area contributed by atoms with E-state index in [-0.39, 0.29) is 36.2 Å². The summed E-state index contributed by atoms with van der Waals surface area (Å²) in [6.45, 7) is 5.82. The number of likely N-dealkylation sites (tertiary alicyclic amines) is 1. The Bertz CT molecular complexity index is 1180. The number of carbonyl (C=O) groups is 3. The second kappa shape index (κ2) is 11.5. The highest BCUT2D eigenvalue weighted by atomic mass is 16.3. The SMILES string of the molecule is CCC[C@@H]1C=C[C@H]2[C@@H](C(=O)N([C@@H](CO)[C@@H](C)CC)[C@@H]2C(=O)Nc2ccc3ccccc3c2)[C@@H]1C(=O)NC. The summed E-state index contributed by atoms with van der Waals surface area (Å²) < 4.78 is 0. The van der Waals surface area contributed by atoms with E-state index >= 15 is 0 Å². The third kappa shape index (κ3) is 5.01. The number of hydrogen-bond acceptors (Lipinski definition) is 4. The molecule has 1 fully saturated rings. The molecule has 37 heavy (non-hydrogen) atoms. The zero-order valence-corrected chi connectivity index (χ0v) is 22.2. The van der Waals surface area contributed by atoms with Crippen LogP contribution in [0.5, 0.6) is 0 Å². The topological polar surface area (TPSA) is 98.7 Å². The third-order valence-electron chi connectivity index (χ3n) is 8.35. The Morgan fingerprint density at radius 1 is 1.05 bits per heavy atom. The van der Waals surface area contributed by atoms with Crippen molar-refractivity contribution in [2.45, 2.75) is 52.1 Å². The fourth-order valence-electron chi connectivity index (χ4n) is 6.23. The zero-order valence-electron chi connectivity index (χ0n) is 22.2. The van der Waals surface area contributed by atoms with Crippen molar-refractivity contribution in [2.75, 3.05) is 19.0 Å². The molecule has 3 N–H and O–H groups in total. The van der Waals surface area contributed by atoms with Crippen LogP contribution in [0.4, 0.5) is 5.69 Å². The molecule has 198 valence electrons. The number of amides is 3. The molecule has 2 aromatic rings. The van der Waals surface area contributed by atoms with Gasteiger partial charge in [0.15, 0.2) is 0 Å². The van der Waals surface area contributed by atoms with E-state index in [2.05, 4.69) is 17.6 Å². The molecule has 0 saturated carbocycles. The highest BCUT2D eigenvalue weighted by Crippen LogP contribution is 2.46. The highest BCUT2D eigenvalue weighted by molar-refractivity contribution is 6.03. The molecule has 7 atom stereocenters. The Labute approximate surface area is 219 Å². The number of aliphatic hydroxyl groups is 1. The van der Waals surface area contributed by atoms with E-state index in [0.717, 1.165) is 30.0 Å². The lowest BCUT2D eigenvalue weighted by atomic mass is 9.68. The van der Waals surface area contributed by atoms with Gasteiger partial charge in [-0.05, 0) is 41.2 Å². The van der Waals surface area contributed by atoms with Gasteiger partial charge in [-0.2, -0.15) is 0 Å². The summed E-state index contributed by atoms with van der Waals surface area (Å²) in [5.74, 6) is -2.44. The average molecular weight is 506 g/mol. The van der Waals surface area contributed by atoms with Gasteiger partial charge in [0.2, 0.25) is 17.7 Å². The molecule has 0 unspecified atom stereocenters. The Balaban J connectivity index is 1.75. The Hall–Kier alpha value is -3.19. The molecule has 3 amide bonds. The summed E-state index contributed by atoms with van der Waals surface area (Å²) >= 11 is 0. The number of nitrogens with zero attached hydrogens (tertiary/aromatic N) is 1. The van der Waals surface area contributed by atoms with Crippen LogP contribution in [-0.4, -0.2) is 53.5 Å². The van der Waals surface area contributed by atoms with Crippen molar-refractivity contribution >= 4 is 34.2 Å². The van der Waals surface area contributed by atoms with Crippen molar-refractivity contribution in [3.8, 4) is 0 Å². The highest BCUT2D eigenvalue weighted by Gasteiger charge is 2.58. The summed E-state index contributed by atoms with van der Waals surface area (Å²) in [4.78, 5) is 42.7. The van der Waals surface area contributed by atoms with Gasteiger partial charge in [-0.1, -0.05) is 76.1 Å². The third-order valence-corrected chi connectivity index (χ3v) is 8.35. The van der Waals surface area contributed by atoms with Crippen molar-refractivity contribution in [2.24, 2.45) is 29.6 Å². The van der Waals surface area contributed by atoms with Crippen LogP contribution in [0.25, 0.3) is 10.8 Å². The predicted molar refractivity (Wildman–Crippen MR) is 146 cm³/mol. The Morgan fingerprint density at radius 2 is 1.78 bits per heavy atom. The van der Waals surface area contributed by atoms with E-state index in [1.807, 2.05) is 68.5 Å². The maximum absolute atomic E-state index is 14.1. The number of hydrogen-bond donors (Lipinski definition) is 3. The van der Waals surface area contributed by atoms with Gasteiger partial charge in [0.25, 0.3) is 0 Å². The van der Waals surface area contributed by atoms with Crippen LogP contribution in [0.1, 0.15) is 40.0 Å². The van der Waals surface area contributed by atoms with Gasteiger partial charge in [-0.25, -0.2) is 0 Å². The van der Waals surface area contributed by atoms with E-state index < -0.39 is 29.8 Å². The van der Waals surface area contributed by atoms with Crippen LogP contribution in [-0.2, 0) is 14.4 Å². The molecule has 1 heterocycles. The van der Waals surface area contributed by atoms with Gasteiger partial charge < -0.3 is 20.6 Å². The second-order valence-electron chi connectivity index (χ2n) is 10.5. The van der Waals surface area contributed by atoms with Crippen molar-refractivity contribution in [1.82, 2.24) is 10.2 Å². The van der Waals surface area contributed by atoms with Crippen LogP contribution in [0, 0.1) is 29.6 Å². The minimum absolute atomic E-state index is 0.0149. The molecule has 2 aliphatic rings. The molecule has 1 aliphatic heterocycles. The molecular weight excluding hydrogens is 466 g/mol. The molecule has 7 heteroatoms. The average Bonchev–Trinajstić information content (AvgIpc) is 3.20. The van der Waals surface area contributed by atoms with Crippen LogP contribution in [0.15, 0.2) is 54.6 Å². The van der Waals surface area contributed by atoms with E-state index in [4.69, 9.17) is 0 Å². The van der Waals surface area contributed by atoms with Crippen molar-refractivity contribution in [3.63, 3.8) is 0 Å². The maximum atomic E-state index is 14.1. The smallest absolute Gasteiger partial charge is 0.247 e. The van der Waals surface area contributed by atoms with Crippen LogP contribution in [0.3, 0.4) is 0 Å². The van der Waals surface area contributed by atoms with E-state index in [0.29, 0.717) is 5.69 Å². The molecule has 7 nitrogen and oxygen atoms in total. The van der Waals surface area contributed by atoms with Gasteiger partial charge in [0, 0.05) is 18.7 Å². The first-order valence-corrected chi connectivity index (χ1v) is 13.5. The van der Waals surface area contributed by atoms with E-state index in [1.165, 1.54) is 0 Å². The molecule has 2 aromatic carbocycles. The largest absolute Gasteiger partial charge is 0.394 e. The Kier molecular flexibility index (Phi) is 8.32. The number of anilines is 1. The normalized spacial score (nSPS) is 26.6. The van der Waals surface area contributed by atoms with Crippen molar-refractivity contribution in [3.05, 3.63) is 54.6 Å².